The maximum atomic E-state index is 11.5. The van der Waals surface area contributed by atoms with Crippen LogP contribution in [-0.2, 0) is 0 Å². The Morgan fingerprint density at radius 1 is 0.821 bits per heavy atom. The molecule has 28 heavy (non-hydrogen) atoms. The predicted octanol–water partition coefficient (Wildman–Crippen LogP) is 3.65. The van der Waals surface area contributed by atoms with Crippen LogP contribution in [0.1, 0.15) is 10.4 Å². The number of primary amides is 1. The van der Waals surface area contributed by atoms with Gasteiger partial charge in [0.25, 0.3) is 0 Å². The van der Waals surface area contributed by atoms with Crippen LogP contribution in [0, 0.1) is 0 Å². The van der Waals surface area contributed by atoms with E-state index < -0.39 is 5.91 Å². The summed E-state index contributed by atoms with van der Waals surface area (Å²) in [7, 11) is 0. The van der Waals surface area contributed by atoms with E-state index in [-0.39, 0.29) is 0 Å². The third kappa shape index (κ3) is 2.51. The fourth-order valence-corrected chi connectivity index (χ4v) is 3.50. The highest BCUT2D eigenvalue weighted by Gasteiger charge is 2.10. The van der Waals surface area contributed by atoms with Crippen LogP contribution < -0.4 is 11.5 Å². The minimum Gasteiger partial charge on any atom is -0.399 e. The first-order valence-corrected chi connectivity index (χ1v) is 8.85. The van der Waals surface area contributed by atoms with Gasteiger partial charge in [0.1, 0.15) is 0 Å². The summed E-state index contributed by atoms with van der Waals surface area (Å²) in [6.45, 7) is 0. The number of anilines is 1. The smallest absolute Gasteiger partial charge is 0.248 e. The number of nitrogens with two attached hydrogens (primary N) is 2. The van der Waals surface area contributed by atoms with Crippen molar-refractivity contribution >= 4 is 33.4 Å². The van der Waals surface area contributed by atoms with E-state index in [0.717, 1.165) is 38.9 Å². The lowest BCUT2D eigenvalue weighted by molar-refractivity contribution is 0.100. The molecule has 0 aliphatic rings. The lowest BCUT2D eigenvalue weighted by Crippen LogP contribution is -2.10. The van der Waals surface area contributed by atoms with Gasteiger partial charge in [-0.05, 0) is 66.0 Å². The molecule has 0 spiro atoms. The van der Waals surface area contributed by atoms with E-state index in [9.17, 15) is 4.79 Å². The number of carbonyl (C=O) groups excluding carboxylic acids is 1. The summed E-state index contributed by atoms with van der Waals surface area (Å²) in [5.41, 5.74) is 16.3. The highest BCUT2D eigenvalue weighted by Crippen LogP contribution is 2.26. The SMILES string of the molecule is NC(=O)c1ccc2ccn(-c3ccc4c(cnn4-c4ccc(N)cc4)c3)c2c1. The largest absolute Gasteiger partial charge is 0.399 e. The Kier molecular flexibility index (Phi) is 3.45. The highest BCUT2D eigenvalue weighted by atomic mass is 16.1. The van der Waals surface area contributed by atoms with E-state index in [1.165, 1.54) is 0 Å². The molecule has 4 N–H and O–H groups in total. The van der Waals surface area contributed by atoms with E-state index in [2.05, 4.69) is 11.2 Å². The van der Waals surface area contributed by atoms with Gasteiger partial charge in [-0.15, -0.1) is 0 Å². The highest BCUT2D eigenvalue weighted by molar-refractivity contribution is 5.97. The quantitative estimate of drug-likeness (QED) is 0.477. The molecule has 0 aliphatic carbocycles. The molecule has 2 heterocycles. The van der Waals surface area contributed by atoms with E-state index in [4.69, 9.17) is 11.5 Å². The molecule has 1 amide bonds. The average Bonchev–Trinajstić information content (AvgIpc) is 3.31. The second-order valence-electron chi connectivity index (χ2n) is 6.71. The molecule has 6 nitrogen and oxygen atoms in total. The topological polar surface area (TPSA) is 91.9 Å². The molecule has 3 aromatic carbocycles. The summed E-state index contributed by atoms with van der Waals surface area (Å²) in [5.74, 6) is -0.435. The molecule has 136 valence electrons. The van der Waals surface area contributed by atoms with E-state index in [0.29, 0.717) is 5.56 Å². The lowest BCUT2D eigenvalue weighted by Gasteiger charge is -2.08. The number of aromatic nitrogens is 3. The number of rotatable bonds is 3. The molecule has 0 saturated heterocycles. The number of carbonyl (C=O) groups is 1. The van der Waals surface area contributed by atoms with Crippen LogP contribution in [0.4, 0.5) is 5.69 Å². The second-order valence-corrected chi connectivity index (χ2v) is 6.71. The van der Waals surface area contributed by atoms with Gasteiger partial charge >= 0.3 is 0 Å². The van der Waals surface area contributed by atoms with Gasteiger partial charge in [0.15, 0.2) is 0 Å². The molecule has 0 radical (unpaired) electrons. The molecule has 5 rings (SSSR count). The standard InChI is InChI=1S/C22H17N5O/c23-17-3-5-18(6-4-17)27-20-8-7-19(11-16(20)13-25-27)26-10-9-14-1-2-15(22(24)28)12-21(14)26/h1-13H,23H2,(H2,24,28). The first kappa shape index (κ1) is 16.1. The van der Waals surface area contributed by atoms with Gasteiger partial charge in [0.05, 0.1) is 22.9 Å². The van der Waals surface area contributed by atoms with E-state index >= 15 is 0 Å². The molecule has 0 aliphatic heterocycles. The number of amides is 1. The minimum atomic E-state index is -0.435. The summed E-state index contributed by atoms with van der Waals surface area (Å²) in [6.07, 6.45) is 3.83. The third-order valence-electron chi connectivity index (χ3n) is 4.95. The van der Waals surface area contributed by atoms with Crippen molar-refractivity contribution in [1.29, 1.82) is 0 Å². The van der Waals surface area contributed by atoms with Crippen LogP contribution in [0.25, 0.3) is 33.2 Å². The molecule has 0 fully saturated rings. The summed E-state index contributed by atoms with van der Waals surface area (Å²) in [6, 6.07) is 21.2. The van der Waals surface area contributed by atoms with Crippen LogP contribution in [0.2, 0.25) is 0 Å². The normalized spacial score (nSPS) is 11.3. The lowest BCUT2D eigenvalue weighted by atomic mass is 10.1. The Bertz CT molecular complexity index is 1340. The Balaban J connectivity index is 1.63. The number of hydrogen-bond acceptors (Lipinski definition) is 3. The molecule has 2 aromatic heterocycles. The fourth-order valence-electron chi connectivity index (χ4n) is 3.50. The Morgan fingerprint density at radius 2 is 1.61 bits per heavy atom. The van der Waals surface area contributed by atoms with Gasteiger partial charge in [0.2, 0.25) is 5.91 Å². The maximum Gasteiger partial charge on any atom is 0.248 e. The summed E-state index contributed by atoms with van der Waals surface area (Å²) < 4.78 is 3.93. The van der Waals surface area contributed by atoms with E-state index in [1.54, 1.807) is 6.07 Å². The van der Waals surface area contributed by atoms with Crippen LogP contribution in [0.5, 0.6) is 0 Å². The number of nitrogens with zero attached hydrogens (tertiary/aromatic N) is 3. The number of fused-ring (bicyclic) bond motifs is 2. The second kappa shape index (κ2) is 5.99. The zero-order valence-corrected chi connectivity index (χ0v) is 14.9. The van der Waals surface area contributed by atoms with Gasteiger partial charge in [-0.1, -0.05) is 6.07 Å². The van der Waals surface area contributed by atoms with Gasteiger partial charge in [-0.25, -0.2) is 4.68 Å². The molecule has 6 heteroatoms. The molecule has 5 aromatic rings. The zero-order chi connectivity index (χ0) is 19.3. The van der Waals surface area contributed by atoms with Gasteiger partial charge in [-0.2, -0.15) is 5.10 Å². The first-order valence-electron chi connectivity index (χ1n) is 8.85. The van der Waals surface area contributed by atoms with Crippen LogP contribution in [-0.4, -0.2) is 20.3 Å². The van der Waals surface area contributed by atoms with Crippen molar-refractivity contribution in [1.82, 2.24) is 14.3 Å². The summed E-state index contributed by atoms with van der Waals surface area (Å²) >= 11 is 0. The van der Waals surface area contributed by atoms with Crippen LogP contribution in [0.15, 0.2) is 79.1 Å². The Hall–Kier alpha value is -4.06. The van der Waals surface area contributed by atoms with Gasteiger partial charge in [-0.3, -0.25) is 4.79 Å². The number of benzene rings is 3. The van der Waals surface area contributed by atoms with Gasteiger partial charge in [0, 0.05) is 28.5 Å². The summed E-state index contributed by atoms with van der Waals surface area (Å²) in [4.78, 5) is 11.5. The minimum absolute atomic E-state index is 0.435. The number of hydrogen-bond donors (Lipinski definition) is 2. The van der Waals surface area contributed by atoms with Crippen molar-refractivity contribution in [3.8, 4) is 11.4 Å². The molecule has 0 saturated carbocycles. The van der Waals surface area contributed by atoms with Crippen molar-refractivity contribution in [2.45, 2.75) is 0 Å². The molecule has 0 atom stereocenters. The van der Waals surface area contributed by atoms with Crippen molar-refractivity contribution in [2.75, 3.05) is 5.73 Å². The molecule has 0 unspecified atom stereocenters. The van der Waals surface area contributed by atoms with Crippen molar-refractivity contribution < 1.29 is 4.79 Å². The van der Waals surface area contributed by atoms with Crippen molar-refractivity contribution in [2.24, 2.45) is 5.73 Å². The monoisotopic (exact) mass is 367 g/mol. The Morgan fingerprint density at radius 3 is 2.39 bits per heavy atom. The van der Waals surface area contributed by atoms with Gasteiger partial charge < -0.3 is 16.0 Å². The zero-order valence-electron chi connectivity index (χ0n) is 14.9. The van der Waals surface area contributed by atoms with Crippen LogP contribution >= 0.6 is 0 Å². The van der Waals surface area contributed by atoms with Crippen molar-refractivity contribution in [3.05, 3.63) is 84.7 Å². The van der Waals surface area contributed by atoms with Crippen molar-refractivity contribution in [3.63, 3.8) is 0 Å². The fraction of sp³-hybridized carbons (Fsp3) is 0. The average molecular weight is 367 g/mol. The predicted molar refractivity (Wildman–Crippen MR) is 111 cm³/mol. The first-order chi connectivity index (χ1) is 13.6. The van der Waals surface area contributed by atoms with E-state index in [1.807, 2.05) is 76.2 Å². The maximum absolute atomic E-state index is 11.5. The Labute approximate surface area is 160 Å². The molecule has 0 bridgehead atoms. The molecular formula is C22H17N5O. The van der Waals surface area contributed by atoms with Crippen LogP contribution in [0.3, 0.4) is 0 Å². The summed E-state index contributed by atoms with van der Waals surface area (Å²) in [5, 5.41) is 6.58. The third-order valence-corrected chi connectivity index (χ3v) is 4.95. The number of nitrogen functional groups attached to an aromatic ring is 1. The molecular weight excluding hydrogens is 350 g/mol.